The van der Waals surface area contributed by atoms with Crippen molar-refractivity contribution in [1.82, 2.24) is 5.32 Å². The smallest absolute Gasteiger partial charge is 0.227 e. The summed E-state index contributed by atoms with van der Waals surface area (Å²) in [6.07, 6.45) is 0.748. The molecule has 1 atom stereocenters. The van der Waals surface area contributed by atoms with Gasteiger partial charge in [-0.1, -0.05) is 29.3 Å². The van der Waals surface area contributed by atoms with Gasteiger partial charge in [-0.15, -0.1) is 0 Å². The molecular weight excluding hydrogens is 313 g/mol. The third kappa shape index (κ3) is 6.22. The van der Waals surface area contributed by atoms with Gasteiger partial charge in [-0.3, -0.25) is 4.79 Å². The first-order valence-electron chi connectivity index (χ1n) is 6.86. The van der Waals surface area contributed by atoms with Crippen molar-refractivity contribution in [2.75, 3.05) is 33.5 Å². The van der Waals surface area contributed by atoms with Gasteiger partial charge in [0.05, 0.1) is 19.1 Å². The molecule has 0 aliphatic heterocycles. The number of hydrogen-bond acceptors (Lipinski definition) is 3. The van der Waals surface area contributed by atoms with Crippen molar-refractivity contribution in [1.29, 1.82) is 0 Å². The van der Waals surface area contributed by atoms with Gasteiger partial charge in [0.1, 0.15) is 0 Å². The van der Waals surface area contributed by atoms with Gasteiger partial charge in [-0.2, -0.15) is 0 Å². The van der Waals surface area contributed by atoms with E-state index < -0.39 is 0 Å². The summed E-state index contributed by atoms with van der Waals surface area (Å²) >= 11 is 12.2. The van der Waals surface area contributed by atoms with Crippen molar-refractivity contribution in [3.63, 3.8) is 0 Å². The van der Waals surface area contributed by atoms with E-state index in [1.54, 1.807) is 32.2 Å². The van der Waals surface area contributed by atoms with E-state index >= 15 is 0 Å². The lowest BCUT2D eigenvalue weighted by Gasteiger charge is -2.15. The quantitative estimate of drug-likeness (QED) is 0.705. The molecule has 0 heterocycles. The molecule has 0 fully saturated rings. The highest BCUT2D eigenvalue weighted by Crippen LogP contribution is 2.31. The van der Waals surface area contributed by atoms with Crippen molar-refractivity contribution in [2.45, 2.75) is 19.3 Å². The van der Waals surface area contributed by atoms with Crippen LogP contribution in [0, 0.1) is 0 Å². The number of ether oxygens (including phenoxy) is 2. The van der Waals surface area contributed by atoms with Gasteiger partial charge < -0.3 is 14.8 Å². The normalized spacial score (nSPS) is 12.2. The van der Waals surface area contributed by atoms with Crippen LogP contribution in [0.15, 0.2) is 18.2 Å². The molecule has 4 nitrogen and oxygen atoms in total. The highest BCUT2D eigenvalue weighted by Gasteiger charge is 2.20. The number of halogens is 2. The van der Waals surface area contributed by atoms with Crippen LogP contribution in [0.25, 0.3) is 0 Å². The largest absolute Gasteiger partial charge is 0.382 e. The zero-order valence-electron chi connectivity index (χ0n) is 12.3. The zero-order chi connectivity index (χ0) is 15.7. The minimum Gasteiger partial charge on any atom is -0.382 e. The van der Waals surface area contributed by atoms with Gasteiger partial charge in [0, 0.05) is 35.9 Å². The summed E-state index contributed by atoms with van der Waals surface area (Å²) in [5.41, 5.74) is 0.662. The standard InChI is InChI=1S/C15H21Cl2NO3/c1-11(14-12(16)5-3-6-13(14)17)15(19)18-7-4-8-21-10-9-20-2/h3,5-6,11H,4,7-10H2,1-2H3,(H,18,19)/t11-/m0/s1. The van der Waals surface area contributed by atoms with Crippen LogP contribution in [-0.2, 0) is 14.3 Å². The number of nitrogens with one attached hydrogen (secondary N) is 1. The molecule has 0 saturated heterocycles. The monoisotopic (exact) mass is 333 g/mol. The third-order valence-corrected chi connectivity index (χ3v) is 3.68. The van der Waals surface area contributed by atoms with Crippen LogP contribution in [0.3, 0.4) is 0 Å². The van der Waals surface area contributed by atoms with E-state index in [0.717, 1.165) is 6.42 Å². The SMILES string of the molecule is COCCOCCCNC(=O)[C@@H](C)c1c(Cl)cccc1Cl. The Labute approximate surface area is 135 Å². The Morgan fingerprint density at radius 3 is 2.52 bits per heavy atom. The number of carbonyl (C=O) groups is 1. The molecule has 1 aromatic carbocycles. The molecule has 0 radical (unpaired) electrons. The molecular formula is C15H21Cl2NO3. The number of carbonyl (C=O) groups excluding carboxylic acids is 1. The first-order chi connectivity index (χ1) is 10.1. The van der Waals surface area contributed by atoms with E-state index in [-0.39, 0.29) is 11.8 Å². The first kappa shape index (κ1) is 18.2. The summed E-state index contributed by atoms with van der Waals surface area (Å²) in [5, 5.41) is 3.87. The van der Waals surface area contributed by atoms with Gasteiger partial charge in [0.2, 0.25) is 5.91 Å². The molecule has 1 rings (SSSR count). The summed E-state index contributed by atoms with van der Waals surface area (Å²) < 4.78 is 10.2. The minimum atomic E-state index is -0.388. The zero-order valence-corrected chi connectivity index (χ0v) is 13.8. The lowest BCUT2D eigenvalue weighted by atomic mass is 10.00. The van der Waals surface area contributed by atoms with Crippen LogP contribution in [0.1, 0.15) is 24.8 Å². The molecule has 118 valence electrons. The fourth-order valence-corrected chi connectivity index (χ4v) is 2.56. The minimum absolute atomic E-state index is 0.0955. The van der Waals surface area contributed by atoms with Gasteiger partial charge in [-0.05, 0) is 25.5 Å². The van der Waals surface area contributed by atoms with E-state index in [0.29, 0.717) is 42.0 Å². The second-order valence-electron chi connectivity index (χ2n) is 4.61. The average Bonchev–Trinajstić information content (AvgIpc) is 2.45. The molecule has 1 aromatic rings. The Morgan fingerprint density at radius 2 is 1.90 bits per heavy atom. The fraction of sp³-hybridized carbons (Fsp3) is 0.533. The van der Waals surface area contributed by atoms with Crippen LogP contribution in [0.2, 0.25) is 10.0 Å². The summed E-state index contributed by atoms with van der Waals surface area (Å²) in [6.45, 7) is 4.07. The number of methoxy groups -OCH3 is 1. The molecule has 0 aliphatic rings. The van der Waals surface area contributed by atoms with E-state index in [4.69, 9.17) is 32.7 Å². The molecule has 1 N–H and O–H groups in total. The topological polar surface area (TPSA) is 47.6 Å². The molecule has 21 heavy (non-hydrogen) atoms. The summed E-state index contributed by atoms with van der Waals surface area (Å²) in [4.78, 5) is 12.1. The Balaban J connectivity index is 2.35. The van der Waals surface area contributed by atoms with Crippen LogP contribution in [-0.4, -0.2) is 39.4 Å². The molecule has 0 bridgehead atoms. The Kier molecular flexibility index (Phi) is 8.69. The Hall–Kier alpha value is -0.810. The number of rotatable bonds is 9. The highest BCUT2D eigenvalue weighted by molar-refractivity contribution is 6.36. The predicted molar refractivity (Wildman–Crippen MR) is 85.2 cm³/mol. The molecule has 0 aliphatic carbocycles. The number of amides is 1. The Morgan fingerprint density at radius 1 is 1.24 bits per heavy atom. The first-order valence-corrected chi connectivity index (χ1v) is 7.61. The van der Waals surface area contributed by atoms with Crippen LogP contribution >= 0.6 is 23.2 Å². The van der Waals surface area contributed by atoms with Crippen molar-refractivity contribution in [3.8, 4) is 0 Å². The third-order valence-electron chi connectivity index (χ3n) is 3.02. The van der Waals surface area contributed by atoms with Crippen molar-refractivity contribution >= 4 is 29.1 Å². The second kappa shape index (κ2) is 10.0. The average molecular weight is 334 g/mol. The second-order valence-corrected chi connectivity index (χ2v) is 5.42. The molecule has 0 aromatic heterocycles. The van der Waals surface area contributed by atoms with Gasteiger partial charge in [0.15, 0.2) is 0 Å². The van der Waals surface area contributed by atoms with E-state index in [1.807, 2.05) is 0 Å². The van der Waals surface area contributed by atoms with Crippen molar-refractivity contribution < 1.29 is 14.3 Å². The molecule has 0 spiro atoms. The number of benzene rings is 1. The van der Waals surface area contributed by atoms with Crippen LogP contribution in [0.4, 0.5) is 0 Å². The Bertz CT molecular complexity index is 434. The predicted octanol–water partition coefficient (Wildman–Crippen LogP) is 3.27. The summed E-state index contributed by atoms with van der Waals surface area (Å²) in [7, 11) is 1.63. The van der Waals surface area contributed by atoms with Gasteiger partial charge in [-0.25, -0.2) is 0 Å². The highest BCUT2D eigenvalue weighted by atomic mass is 35.5. The van der Waals surface area contributed by atoms with Gasteiger partial charge >= 0.3 is 0 Å². The van der Waals surface area contributed by atoms with Gasteiger partial charge in [0.25, 0.3) is 0 Å². The van der Waals surface area contributed by atoms with Crippen molar-refractivity contribution in [2.24, 2.45) is 0 Å². The molecule has 0 saturated carbocycles. The van der Waals surface area contributed by atoms with Crippen LogP contribution in [0.5, 0.6) is 0 Å². The molecule has 6 heteroatoms. The lowest BCUT2D eigenvalue weighted by Crippen LogP contribution is -2.29. The summed E-state index contributed by atoms with van der Waals surface area (Å²) in [6, 6.07) is 5.22. The molecule has 0 unspecified atom stereocenters. The van der Waals surface area contributed by atoms with E-state index in [1.165, 1.54) is 0 Å². The van der Waals surface area contributed by atoms with E-state index in [9.17, 15) is 4.79 Å². The van der Waals surface area contributed by atoms with Crippen LogP contribution < -0.4 is 5.32 Å². The van der Waals surface area contributed by atoms with E-state index in [2.05, 4.69) is 5.32 Å². The fourth-order valence-electron chi connectivity index (χ4n) is 1.84. The maximum absolute atomic E-state index is 12.1. The maximum atomic E-state index is 12.1. The number of hydrogen-bond donors (Lipinski definition) is 1. The lowest BCUT2D eigenvalue weighted by molar-refractivity contribution is -0.122. The molecule has 1 amide bonds. The maximum Gasteiger partial charge on any atom is 0.227 e. The summed E-state index contributed by atoms with van der Waals surface area (Å²) in [5.74, 6) is -0.484. The van der Waals surface area contributed by atoms with Crippen molar-refractivity contribution in [3.05, 3.63) is 33.8 Å².